The van der Waals surface area contributed by atoms with E-state index < -0.39 is 16.4 Å². The molecule has 2 aromatic rings. The van der Waals surface area contributed by atoms with Crippen molar-refractivity contribution in [3.05, 3.63) is 36.4 Å². The number of rotatable bonds is 7. The van der Waals surface area contributed by atoms with Crippen LogP contribution < -0.4 is 60.9 Å². The first-order chi connectivity index (χ1) is 11.9. The molecule has 0 amide bonds. The van der Waals surface area contributed by atoms with E-state index in [-0.39, 0.29) is 80.7 Å². The fraction of sp³-hybridized carbons (Fsp3) is 0.250. The Morgan fingerprint density at radius 3 is 1.96 bits per heavy atom. The van der Waals surface area contributed by atoms with Gasteiger partial charge in [0.2, 0.25) is 5.75 Å². The molecule has 0 aliphatic carbocycles. The molecule has 0 radical (unpaired) electrons. The molecule has 8 nitrogen and oxygen atoms in total. The second kappa shape index (κ2) is 10.4. The molecule has 2 N–H and O–H groups in total. The Morgan fingerprint density at radius 2 is 1.50 bits per heavy atom. The second-order valence-electron chi connectivity index (χ2n) is 4.94. The predicted octanol–water partition coefficient (Wildman–Crippen LogP) is -0.293. The van der Waals surface area contributed by atoms with E-state index in [2.05, 4.69) is 10.2 Å². The molecule has 136 valence electrons. The molecule has 0 bridgehead atoms. The summed E-state index contributed by atoms with van der Waals surface area (Å²) < 4.78 is 33.7. The molecule has 26 heavy (non-hydrogen) atoms. The van der Waals surface area contributed by atoms with Crippen molar-refractivity contribution in [3.8, 4) is 17.2 Å². The third-order valence-electron chi connectivity index (χ3n) is 3.30. The summed E-state index contributed by atoms with van der Waals surface area (Å²) in [5.74, 6) is -0.0825. The fourth-order valence-corrected chi connectivity index (χ4v) is 3.04. The van der Waals surface area contributed by atoms with Gasteiger partial charge in [-0.1, -0.05) is 0 Å². The molecule has 0 fully saturated rings. The minimum Gasteiger partial charge on any atom is -1.00 e. The van der Waals surface area contributed by atoms with Crippen molar-refractivity contribution in [3.63, 3.8) is 0 Å². The van der Waals surface area contributed by atoms with Gasteiger partial charge < -0.3 is 21.1 Å². The number of aliphatic hydroxyl groups is 1. The number of methoxy groups -OCH3 is 2. The zero-order chi connectivity index (χ0) is 18.4. The van der Waals surface area contributed by atoms with Gasteiger partial charge in [0.15, 0.2) is 21.3 Å². The monoisotopic (exact) mass is 406 g/mol. The summed E-state index contributed by atoms with van der Waals surface area (Å²) in [6.45, 7) is -0.436. The van der Waals surface area contributed by atoms with Crippen molar-refractivity contribution < 1.29 is 80.9 Å². The fourth-order valence-electron chi connectivity index (χ4n) is 2.01. The van der Waals surface area contributed by atoms with Gasteiger partial charge in [0, 0.05) is 12.1 Å². The molecule has 2 rings (SSSR count). The van der Waals surface area contributed by atoms with Crippen LogP contribution in [-0.2, 0) is 9.84 Å². The Hall–Kier alpha value is -1.01. The number of azo groups is 1. The van der Waals surface area contributed by atoms with E-state index >= 15 is 0 Å². The Labute approximate surface area is 195 Å². The number of benzene rings is 2. The average molecular weight is 407 g/mol. The number of phenols is 1. The van der Waals surface area contributed by atoms with Crippen molar-refractivity contribution in [2.24, 2.45) is 10.2 Å². The van der Waals surface area contributed by atoms with Crippen LogP contribution >= 0.6 is 0 Å². The molecular weight excluding hydrogens is 387 g/mol. The van der Waals surface area contributed by atoms with Crippen LogP contribution in [-0.4, -0.2) is 45.2 Å². The molecule has 2 aromatic carbocycles. The Bertz CT molecular complexity index is 850. The first kappa shape index (κ1) is 23.0. The van der Waals surface area contributed by atoms with Gasteiger partial charge in [-0.25, -0.2) is 8.42 Å². The number of aliphatic hydroxyl groups excluding tert-OH is 1. The number of hydrogen-bond donors (Lipinski definition) is 2. The summed E-state index contributed by atoms with van der Waals surface area (Å²) in [4.78, 5) is 0.105. The van der Waals surface area contributed by atoms with Crippen LogP contribution in [0, 0.1) is 0 Å². The van der Waals surface area contributed by atoms with E-state index in [1.807, 2.05) is 0 Å². The summed E-state index contributed by atoms with van der Waals surface area (Å²) in [6, 6.07) is 8.78. The first-order valence-electron chi connectivity index (χ1n) is 7.21. The topological polar surface area (TPSA) is 118 Å². The zero-order valence-electron chi connectivity index (χ0n) is 15.7. The van der Waals surface area contributed by atoms with Gasteiger partial charge in [0.1, 0.15) is 0 Å². The van der Waals surface area contributed by atoms with Gasteiger partial charge >= 0.3 is 51.4 Å². The Morgan fingerprint density at radius 1 is 1.00 bits per heavy atom. The van der Waals surface area contributed by atoms with Crippen LogP contribution in [0.5, 0.6) is 17.2 Å². The maximum absolute atomic E-state index is 11.8. The van der Waals surface area contributed by atoms with E-state index in [0.717, 1.165) is 0 Å². The minimum absolute atomic E-state index is 0. The number of aromatic hydroxyl groups is 1. The largest absolute Gasteiger partial charge is 1.00 e. The van der Waals surface area contributed by atoms with Crippen molar-refractivity contribution in [2.75, 3.05) is 26.6 Å². The molecule has 0 aliphatic rings. The standard InChI is InChI=1S/C16H18N2O6S.K.H/c1-23-14-9-12(10-15(24-2)16(14)20)18-17-11-3-5-13(6-4-11)25(21,22)8-7-19;;/h3-6,9-10,19-20H,7-8H2,1-2H3;;/q;+1;-1. The van der Waals surface area contributed by atoms with Crippen LogP contribution in [0.2, 0.25) is 0 Å². The molecule has 10 heteroatoms. The molecule has 0 saturated heterocycles. The third kappa shape index (κ3) is 5.74. The van der Waals surface area contributed by atoms with Gasteiger partial charge in [-0.3, -0.25) is 0 Å². The van der Waals surface area contributed by atoms with Gasteiger partial charge in [-0.2, -0.15) is 10.2 Å². The smallest absolute Gasteiger partial charge is 1.00 e. The van der Waals surface area contributed by atoms with E-state index in [1.54, 1.807) is 0 Å². The third-order valence-corrected chi connectivity index (χ3v) is 5.01. The van der Waals surface area contributed by atoms with Gasteiger partial charge in [-0.05, 0) is 24.3 Å². The molecule has 0 spiro atoms. The van der Waals surface area contributed by atoms with Gasteiger partial charge in [0.05, 0.1) is 42.8 Å². The van der Waals surface area contributed by atoms with E-state index in [9.17, 15) is 13.5 Å². The van der Waals surface area contributed by atoms with Crippen LogP contribution in [0.1, 0.15) is 1.43 Å². The molecule has 0 aliphatic heterocycles. The summed E-state index contributed by atoms with van der Waals surface area (Å²) in [7, 11) is -0.693. The minimum atomic E-state index is -3.50. The zero-order valence-corrected chi connectivity index (χ0v) is 18.6. The SMILES string of the molecule is COc1cc(N=Nc2ccc(S(=O)(=O)CCO)cc2)cc(OC)c1O.[H-].[K+]. The van der Waals surface area contributed by atoms with E-state index in [1.165, 1.54) is 50.6 Å². The maximum atomic E-state index is 11.8. The number of hydrogen-bond acceptors (Lipinski definition) is 8. The molecular formula is C16H19KN2O6S. The van der Waals surface area contributed by atoms with E-state index in [0.29, 0.717) is 11.4 Å². The molecule has 0 saturated carbocycles. The van der Waals surface area contributed by atoms with E-state index in [4.69, 9.17) is 14.6 Å². The summed E-state index contributed by atoms with van der Waals surface area (Å²) >= 11 is 0. The Kier molecular flexibility index (Phi) is 9.17. The number of phenolic OH excluding ortho intramolecular Hbond substituents is 1. The van der Waals surface area contributed by atoms with Crippen molar-refractivity contribution in [1.29, 1.82) is 0 Å². The molecule has 0 aromatic heterocycles. The summed E-state index contributed by atoms with van der Waals surface area (Å²) in [6.07, 6.45) is 0. The first-order valence-corrected chi connectivity index (χ1v) is 8.87. The van der Waals surface area contributed by atoms with Gasteiger partial charge in [0.25, 0.3) is 0 Å². The summed E-state index contributed by atoms with van der Waals surface area (Å²) in [5, 5.41) is 26.7. The summed E-state index contributed by atoms with van der Waals surface area (Å²) in [5.41, 5.74) is 0.831. The Balaban J connectivity index is 0.00000338. The number of sulfone groups is 1. The van der Waals surface area contributed by atoms with Crippen molar-refractivity contribution in [1.82, 2.24) is 0 Å². The van der Waals surface area contributed by atoms with Crippen LogP contribution in [0.25, 0.3) is 0 Å². The molecule has 0 unspecified atom stereocenters. The molecule has 0 atom stereocenters. The predicted molar refractivity (Wildman–Crippen MR) is 92.1 cm³/mol. The van der Waals surface area contributed by atoms with Crippen molar-refractivity contribution >= 4 is 21.2 Å². The molecule has 0 heterocycles. The van der Waals surface area contributed by atoms with Gasteiger partial charge in [-0.15, -0.1) is 0 Å². The normalized spacial score (nSPS) is 11.2. The maximum Gasteiger partial charge on any atom is 1.00 e. The quantitative estimate of drug-likeness (QED) is 0.482. The van der Waals surface area contributed by atoms with Crippen LogP contribution in [0.4, 0.5) is 11.4 Å². The average Bonchev–Trinajstić information content (AvgIpc) is 2.61. The van der Waals surface area contributed by atoms with Crippen LogP contribution in [0.3, 0.4) is 0 Å². The second-order valence-corrected chi connectivity index (χ2v) is 7.04. The number of ether oxygens (including phenoxy) is 2. The van der Waals surface area contributed by atoms with Crippen LogP contribution in [0.15, 0.2) is 51.5 Å². The van der Waals surface area contributed by atoms with Crippen molar-refractivity contribution in [2.45, 2.75) is 4.90 Å². The number of nitrogens with zero attached hydrogens (tertiary/aromatic N) is 2.